The van der Waals surface area contributed by atoms with E-state index >= 15 is 0 Å². The molecule has 2 amide bonds. The zero-order valence-electron chi connectivity index (χ0n) is 15.0. The van der Waals surface area contributed by atoms with Crippen LogP contribution < -0.4 is 0 Å². The Labute approximate surface area is 140 Å². The molecule has 6 nitrogen and oxygen atoms in total. The molecule has 0 radical (unpaired) electrons. The first-order valence-corrected chi connectivity index (χ1v) is 8.92. The van der Waals surface area contributed by atoms with Gasteiger partial charge in [0.15, 0.2) is 0 Å². The van der Waals surface area contributed by atoms with Crippen molar-refractivity contribution in [1.82, 2.24) is 19.6 Å². The van der Waals surface area contributed by atoms with E-state index in [1.165, 1.54) is 0 Å². The van der Waals surface area contributed by atoms with Crippen molar-refractivity contribution in [3.8, 4) is 0 Å². The molecule has 0 spiro atoms. The SMILES string of the molecule is CCC(=O)N1CCC(CN2CCN(CC(=O)N(C)C)CC2)CC1. The van der Waals surface area contributed by atoms with Crippen LogP contribution in [0.5, 0.6) is 0 Å². The predicted molar refractivity (Wildman–Crippen MR) is 91.2 cm³/mol. The molecule has 0 aromatic carbocycles. The Bertz CT molecular complexity index is 397. The van der Waals surface area contributed by atoms with Crippen LogP contribution in [0.25, 0.3) is 0 Å². The van der Waals surface area contributed by atoms with Crippen LogP contribution in [-0.4, -0.2) is 97.9 Å². The van der Waals surface area contributed by atoms with Crippen LogP contribution in [0.4, 0.5) is 0 Å². The van der Waals surface area contributed by atoms with Crippen LogP contribution in [0.3, 0.4) is 0 Å². The second kappa shape index (κ2) is 8.64. The molecule has 2 aliphatic rings. The summed E-state index contributed by atoms with van der Waals surface area (Å²) in [5.41, 5.74) is 0. The van der Waals surface area contributed by atoms with Crippen LogP contribution in [0.1, 0.15) is 26.2 Å². The van der Waals surface area contributed by atoms with E-state index in [-0.39, 0.29) is 5.91 Å². The highest BCUT2D eigenvalue weighted by atomic mass is 16.2. The number of carbonyl (C=O) groups excluding carboxylic acids is 2. The molecule has 0 saturated carbocycles. The van der Waals surface area contributed by atoms with Crippen LogP contribution >= 0.6 is 0 Å². The van der Waals surface area contributed by atoms with E-state index in [2.05, 4.69) is 9.80 Å². The third kappa shape index (κ3) is 5.46. The van der Waals surface area contributed by atoms with Gasteiger partial charge in [-0.15, -0.1) is 0 Å². The van der Waals surface area contributed by atoms with Crippen LogP contribution in [0, 0.1) is 5.92 Å². The zero-order chi connectivity index (χ0) is 16.8. The summed E-state index contributed by atoms with van der Waals surface area (Å²) in [6, 6.07) is 0. The molecule has 0 unspecified atom stereocenters. The molecule has 0 bridgehead atoms. The number of likely N-dealkylation sites (N-methyl/N-ethyl adjacent to an activating group) is 1. The summed E-state index contributed by atoms with van der Waals surface area (Å²) in [5, 5.41) is 0. The van der Waals surface area contributed by atoms with Gasteiger partial charge in [0, 0.05) is 66.3 Å². The maximum atomic E-state index is 11.8. The number of piperidine rings is 1. The Morgan fingerprint density at radius 3 is 2.04 bits per heavy atom. The lowest BCUT2D eigenvalue weighted by Gasteiger charge is -2.38. The highest BCUT2D eigenvalue weighted by Gasteiger charge is 2.25. The Hall–Kier alpha value is -1.14. The Kier molecular flexibility index (Phi) is 6.84. The second-order valence-electron chi connectivity index (χ2n) is 7.04. The summed E-state index contributed by atoms with van der Waals surface area (Å²) >= 11 is 0. The molecular formula is C17H32N4O2. The molecule has 0 aromatic rings. The smallest absolute Gasteiger partial charge is 0.236 e. The van der Waals surface area contributed by atoms with Gasteiger partial charge in [-0.05, 0) is 18.8 Å². The van der Waals surface area contributed by atoms with E-state index in [1.54, 1.807) is 4.90 Å². The van der Waals surface area contributed by atoms with Crippen molar-refractivity contribution in [3.63, 3.8) is 0 Å². The van der Waals surface area contributed by atoms with Crippen molar-refractivity contribution in [2.24, 2.45) is 5.92 Å². The van der Waals surface area contributed by atoms with Gasteiger partial charge in [0.05, 0.1) is 6.54 Å². The minimum Gasteiger partial charge on any atom is -0.348 e. The van der Waals surface area contributed by atoms with E-state index in [1.807, 2.05) is 25.9 Å². The normalized spacial score (nSPS) is 21.4. The first kappa shape index (κ1) is 18.2. The summed E-state index contributed by atoms with van der Waals surface area (Å²) in [6.07, 6.45) is 2.88. The van der Waals surface area contributed by atoms with Crippen molar-refractivity contribution >= 4 is 11.8 Å². The maximum absolute atomic E-state index is 11.8. The number of carbonyl (C=O) groups is 2. The molecule has 2 fully saturated rings. The Morgan fingerprint density at radius 1 is 0.957 bits per heavy atom. The van der Waals surface area contributed by atoms with E-state index in [0.29, 0.717) is 24.8 Å². The topological polar surface area (TPSA) is 47.1 Å². The summed E-state index contributed by atoms with van der Waals surface area (Å²) in [5.74, 6) is 1.19. The van der Waals surface area contributed by atoms with Crippen molar-refractivity contribution < 1.29 is 9.59 Å². The van der Waals surface area contributed by atoms with Crippen LogP contribution in [-0.2, 0) is 9.59 Å². The summed E-state index contributed by atoms with van der Waals surface area (Å²) in [6.45, 7) is 9.53. The number of likely N-dealkylation sites (tertiary alicyclic amines) is 1. The zero-order valence-corrected chi connectivity index (χ0v) is 15.0. The van der Waals surface area contributed by atoms with Crippen molar-refractivity contribution in [2.45, 2.75) is 26.2 Å². The lowest BCUT2D eigenvalue weighted by atomic mass is 9.95. The minimum atomic E-state index is 0.186. The van der Waals surface area contributed by atoms with Gasteiger partial charge >= 0.3 is 0 Å². The fourth-order valence-electron chi connectivity index (χ4n) is 3.42. The first-order chi connectivity index (χ1) is 11.0. The molecule has 0 aromatic heterocycles. The summed E-state index contributed by atoms with van der Waals surface area (Å²) < 4.78 is 0. The largest absolute Gasteiger partial charge is 0.348 e. The average Bonchev–Trinajstić information content (AvgIpc) is 2.56. The van der Waals surface area contributed by atoms with Crippen LogP contribution in [0.15, 0.2) is 0 Å². The monoisotopic (exact) mass is 324 g/mol. The quantitative estimate of drug-likeness (QED) is 0.732. The Morgan fingerprint density at radius 2 is 1.52 bits per heavy atom. The molecule has 0 aliphatic carbocycles. The number of piperazine rings is 1. The molecule has 0 N–H and O–H groups in total. The van der Waals surface area contributed by atoms with Gasteiger partial charge in [0.1, 0.15) is 0 Å². The summed E-state index contributed by atoms with van der Waals surface area (Å²) in [7, 11) is 3.63. The van der Waals surface area contributed by atoms with E-state index in [0.717, 1.165) is 58.7 Å². The fourth-order valence-corrected chi connectivity index (χ4v) is 3.42. The van der Waals surface area contributed by atoms with Crippen LogP contribution in [0.2, 0.25) is 0 Å². The van der Waals surface area contributed by atoms with Gasteiger partial charge in [0.25, 0.3) is 0 Å². The van der Waals surface area contributed by atoms with E-state index < -0.39 is 0 Å². The number of hydrogen-bond acceptors (Lipinski definition) is 4. The standard InChI is InChI=1S/C17H32N4O2/c1-4-16(22)21-7-5-15(6-8-21)13-19-9-11-20(12-10-19)14-17(23)18(2)3/h15H,4-14H2,1-3H3. The molecule has 6 heteroatoms. The maximum Gasteiger partial charge on any atom is 0.236 e. The van der Waals surface area contributed by atoms with Crippen molar-refractivity contribution in [1.29, 1.82) is 0 Å². The molecule has 2 heterocycles. The average molecular weight is 324 g/mol. The number of amides is 2. The molecule has 132 valence electrons. The minimum absolute atomic E-state index is 0.186. The second-order valence-corrected chi connectivity index (χ2v) is 7.04. The van der Waals surface area contributed by atoms with Crippen molar-refractivity contribution in [3.05, 3.63) is 0 Å². The molecular weight excluding hydrogens is 292 g/mol. The van der Waals surface area contributed by atoms with Gasteiger partial charge in [-0.2, -0.15) is 0 Å². The molecule has 2 rings (SSSR count). The van der Waals surface area contributed by atoms with E-state index in [9.17, 15) is 9.59 Å². The molecule has 2 aliphatic heterocycles. The van der Waals surface area contributed by atoms with Gasteiger partial charge in [0.2, 0.25) is 11.8 Å². The predicted octanol–water partition coefficient (Wildman–Crippen LogP) is 0.341. The fraction of sp³-hybridized carbons (Fsp3) is 0.882. The van der Waals surface area contributed by atoms with Gasteiger partial charge in [-0.3, -0.25) is 14.5 Å². The summed E-state index contributed by atoms with van der Waals surface area (Å²) in [4.78, 5) is 31.9. The lowest BCUT2D eigenvalue weighted by molar-refractivity contribution is -0.132. The van der Waals surface area contributed by atoms with Gasteiger partial charge < -0.3 is 14.7 Å². The van der Waals surface area contributed by atoms with Gasteiger partial charge in [-0.1, -0.05) is 6.92 Å². The lowest BCUT2D eigenvalue weighted by Crippen LogP contribution is -2.51. The Balaban J connectivity index is 1.65. The molecule has 23 heavy (non-hydrogen) atoms. The molecule has 2 saturated heterocycles. The highest BCUT2D eigenvalue weighted by Crippen LogP contribution is 2.19. The highest BCUT2D eigenvalue weighted by molar-refractivity contribution is 5.77. The third-order valence-electron chi connectivity index (χ3n) is 5.11. The number of nitrogens with zero attached hydrogens (tertiary/aromatic N) is 4. The van der Waals surface area contributed by atoms with Gasteiger partial charge in [-0.25, -0.2) is 0 Å². The van der Waals surface area contributed by atoms with E-state index in [4.69, 9.17) is 0 Å². The molecule has 0 atom stereocenters. The number of rotatable bonds is 5. The third-order valence-corrected chi connectivity index (χ3v) is 5.11. The number of hydrogen-bond donors (Lipinski definition) is 0. The van der Waals surface area contributed by atoms with Crippen molar-refractivity contribution in [2.75, 3.05) is 66.5 Å². The first-order valence-electron chi connectivity index (χ1n) is 8.92.